The molecule has 0 aliphatic heterocycles. The third-order valence-corrected chi connectivity index (χ3v) is 2.21. The van der Waals surface area contributed by atoms with Crippen molar-refractivity contribution in [2.24, 2.45) is 0 Å². The molecule has 0 unspecified atom stereocenters. The molecule has 0 bridgehead atoms. The number of allylic oxidation sites excluding steroid dienone is 1. The van der Waals surface area contributed by atoms with Gasteiger partial charge in [-0.25, -0.2) is 0 Å². The smallest absolute Gasteiger partial charge is 0.311 e. The van der Waals surface area contributed by atoms with E-state index in [1.807, 2.05) is 0 Å². The van der Waals surface area contributed by atoms with Crippen LogP contribution in [-0.2, 0) is 9.59 Å². The number of carbonyl (C=O) groups excluding carboxylic acids is 1. The SMILES string of the molecule is COc1cccc(C=CC(=O)CC(=O)O)c1OC. The second kappa shape index (κ2) is 6.44. The number of ether oxygens (including phenoxy) is 2. The topological polar surface area (TPSA) is 72.8 Å². The second-order valence-electron chi connectivity index (χ2n) is 3.45. The summed E-state index contributed by atoms with van der Waals surface area (Å²) in [5.41, 5.74) is 0.649. The Bertz CT molecular complexity index is 476. The van der Waals surface area contributed by atoms with Crippen LogP contribution in [0.3, 0.4) is 0 Å². The van der Waals surface area contributed by atoms with Crippen LogP contribution in [0.25, 0.3) is 6.08 Å². The van der Waals surface area contributed by atoms with Gasteiger partial charge in [-0.1, -0.05) is 12.1 Å². The quantitative estimate of drug-likeness (QED) is 0.615. The lowest BCUT2D eigenvalue weighted by atomic mass is 10.1. The predicted molar refractivity (Wildman–Crippen MR) is 65.8 cm³/mol. The average molecular weight is 250 g/mol. The fraction of sp³-hybridized carbons (Fsp3) is 0.231. The first-order valence-electron chi connectivity index (χ1n) is 5.22. The molecule has 0 fully saturated rings. The monoisotopic (exact) mass is 250 g/mol. The van der Waals surface area contributed by atoms with Gasteiger partial charge in [-0.05, 0) is 18.2 Å². The summed E-state index contributed by atoms with van der Waals surface area (Å²) in [7, 11) is 3.01. The minimum atomic E-state index is -1.15. The molecule has 0 heterocycles. The molecule has 0 saturated heterocycles. The number of rotatable bonds is 6. The van der Waals surface area contributed by atoms with Crippen molar-refractivity contribution in [3.05, 3.63) is 29.8 Å². The number of benzene rings is 1. The van der Waals surface area contributed by atoms with Crippen molar-refractivity contribution in [1.82, 2.24) is 0 Å². The van der Waals surface area contributed by atoms with Crippen LogP contribution in [0.15, 0.2) is 24.3 Å². The molecule has 1 rings (SSSR count). The summed E-state index contributed by atoms with van der Waals surface area (Å²) in [5, 5.41) is 8.46. The largest absolute Gasteiger partial charge is 0.493 e. The number of carboxylic acids is 1. The van der Waals surface area contributed by atoms with E-state index in [0.717, 1.165) is 0 Å². The molecule has 96 valence electrons. The van der Waals surface area contributed by atoms with Gasteiger partial charge in [0, 0.05) is 5.56 Å². The van der Waals surface area contributed by atoms with Crippen molar-refractivity contribution < 1.29 is 24.2 Å². The van der Waals surface area contributed by atoms with E-state index in [2.05, 4.69) is 0 Å². The first-order chi connectivity index (χ1) is 8.58. The molecular formula is C13H14O5. The van der Waals surface area contributed by atoms with E-state index in [0.29, 0.717) is 17.1 Å². The Balaban J connectivity index is 2.93. The number of ketones is 1. The van der Waals surface area contributed by atoms with Gasteiger partial charge in [0.05, 0.1) is 14.2 Å². The lowest BCUT2D eigenvalue weighted by Crippen LogP contribution is -2.03. The maximum absolute atomic E-state index is 11.2. The van der Waals surface area contributed by atoms with E-state index in [9.17, 15) is 9.59 Å². The van der Waals surface area contributed by atoms with Crippen molar-refractivity contribution in [1.29, 1.82) is 0 Å². The van der Waals surface area contributed by atoms with Crippen LogP contribution in [0.1, 0.15) is 12.0 Å². The number of carbonyl (C=O) groups is 2. The standard InChI is InChI=1S/C13H14O5/c1-17-11-5-3-4-9(13(11)18-2)6-7-10(14)8-12(15)16/h3-7H,8H2,1-2H3,(H,15,16). The summed E-state index contributed by atoms with van der Waals surface area (Å²) < 4.78 is 10.3. The highest BCUT2D eigenvalue weighted by atomic mass is 16.5. The van der Waals surface area contributed by atoms with E-state index >= 15 is 0 Å². The zero-order chi connectivity index (χ0) is 13.5. The third-order valence-electron chi connectivity index (χ3n) is 2.21. The summed E-state index contributed by atoms with van der Waals surface area (Å²) >= 11 is 0. The summed E-state index contributed by atoms with van der Waals surface area (Å²) in [5.74, 6) is -0.584. The minimum absolute atomic E-state index is 0.479. The van der Waals surface area contributed by atoms with E-state index in [4.69, 9.17) is 14.6 Å². The maximum Gasteiger partial charge on any atom is 0.311 e. The van der Waals surface area contributed by atoms with Gasteiger partial charge in [-0.2, -0.15) is 0 Å². The summed E-state index contributed by atoms with van der Waals surface area (Å²) in [4.78, 5) is 21.6. The van der Waals surface area contributed by atoms with Gasteiger partial charge in [-0.15, -0.1) is 0 Å². The summed E-state index contributed by atoms with van der Waals surface area (Å²) in [6.07, 6.45) is 2.20. The third kappa shape index (κ3) is 3.62. The van der Waals surface area contributed by atoms with Gasteiger partial charge in [0.15, 0.2) is 17.3 Å². The van der Waals surface area contributed by atoms with E-state index in [1.54, 1.807) is 18.2 Å². The summed E-state index contributed by atoms with van der Waals surface area (Å²) in [6.45, 7) is 0. The van der Waals surface area contributed by atoms with Crippen molar-refractivity contribution >= 4 is 17.8 Å². The lowest BCUT2D eigenvalue weighted by Gasteiger charge is -2.09. The number of carboxylic acid groups (broad SMARTS) is 1. The van der Waals surface area contributed by atoms with E-state index in [1.165, 1.54) is 26.4 Å². The highest BCUT2D eigenvalue weighted by Gasteiger charge is 2.08. The Labute approximate surface area is 105 Å². The Morgan fingerprint density at radius 1 is 1.28 bits per heavy atom. The second-order valence-corrected chi connectivity index (χ2v) is 3.45. The molecule has 1 N–H and O–H groups in total. The Kier molecular flexibility index (Phi) is 4.92. The minimum Gasteiger partial charge on any atom is -0.493 e. The van der Waals surface area contributed by atoms with Crippen molar-refractivity contribution in [2.75, 3.05) is 14.2 Å². The molecule has 0 saturated carbocycles. The van der Waals surface area contributed by atoms with Crippen LogP contribution in [0.4, 0.5) is 0 Å². The zero-order valence-electron chi connectivity index (χ0n) is 10.2. The first-order valence-corrected chi connectivity index (χ1v) is 5.22. The first kappa shape index (κ1) is 13.8. The highest BCUT2D eigenvalue weighted by molar-refractivity contribution is 6.03. The molecule has 0 radical (unpaired) electrons. The zero-order valence-corrected chi connectivity index (χ0v) is 10.2. The van der Waals surface area contributed by atoms with Gasteiger partial charge in [0.25, 0.3) is 0 Å². The van der Waals surface area contributed by atoms with Crippen LogP contribution in [0.5, 0.6) is 11.5 Å². The molecule has 0 aliphatic carbocycles. The van der Waals surface area contributed by atoms with Crippen molar-refractivity contribution in [3.8, 4) is 11.5 Å². The molecule has 18 heavy (non-hydrogen) atoms. The molecule has 0 aliphatic rings. The number of hydrogen-bond donors (Lipinski definition) is 1. The fourth-order valence-corrected chi connectivity index (χ4v) is 1.43. The Morgan fingerprint density at radius 2 is 2.00 bits per heavy atom. The van der Waals surface area contributed by atoms with Gasteiger partial charge in [0.2, 0.25) is 0 Å². The number of methoxy groups -OCH3 is 2. The molecule has 0 amide bonds. The molecule has 0 aromatic heterocycles. The number of hydrogen-bond acceptors (Lipinski definition) is 4. The molecule has 0 spiro atoms. The summed E-state index contributed by atoms with van der Waals surface area (Å²) in [6, 6.07) is 5.23. The number of aliphatic carboxylic acids is 1. The highest BCUT2D eigenvalue weighted by Crippen LogP contribution is 2.31. The maximum atomic E-state index is 11.2. The molecule has 5 nitrogen and oxygen atoms in total. The van der Waals surface area contributed by atoms with Crippen LogP contribution in [-0.4, -0.2) is 31.1 Å². The van der Waals surface area contributed by atoms with Gasteiger partial charge in [0.1, 0.15) is 6.42 Å². The normalized spacial score (nSPS) is 10.3. The van der Waals surface area contributed by atoms with Gasteiger partial charge in [-0.3, -0.25) is 9.59 Å². The van der Waals surface area contributed by atoms with E-state index in [-0.39, 0.29) is 0 Å². The molecule has 0 atom stereocenters. The van der Waals surface area contributed by atoms with Crippen LogP contribution >= 0.6 is 0 Å². The predicted octanol–water partition coefficient (Wildman–Crippen LogP) is 1.76. The van der Waals surface area contributed by atoms with Crippen LogP contribution < -0.4 is 9.47 Å². The van der Waals surface area contributed by atoms with E-state index < -0.39 is 18.2 Å². The number of para-hydroxylation sites is 1. The van der Waals surface area contributed by atoms with Crippen molar-refractivity contribution in [2.45, 2.75) is 6.42 Å². The Hall–Kier alpha value is -2.30. The molecule has 5 heteroatoms. The Morgan fingerprint density at radius 3 is 2.56 bits per heavy atom. The lowest BCUT2D eigenvalue weighted by molar-refractivity contribution is -0.139. The molecule has 1 aromatic carbocycles. The van der Waals surface area contributed by atoms with Crippen LogP contribution in [0.2, 0.25) is 0 Å². The molecular weight excluding hydrogens is 236 g/mol. The van der Waals surface area contributed by atoms with Gasteiger partial charge < -0.3 is 14.6 Å². The average Bonchev–Trinajstić information content (AvgIpc) is 2.34. The molecule has 1 aromatic rings. The van der Waals surface area contributed by atoms with Gasteiger partial charge >= 0.3 is 5.97 Å². The van der Waals surface area contributed by atoms with Crippen LogP contribution in [0, 0.1) is 0 Å². The van der Waals surface area contributed by atoms with Crippen molar-refractivity contribution in [3.63, 3.8) is 0 Å². The fourth-order valence-electron chi connectivity index (χ4n) is 1.43.